The first-order valence-corrected chi connectivity index (χ1v) is 6.54. The molecule has 0 saturated carbocycles. The van der Waals surface area contributed by atoms with Gasteiger partial charge in [0.1, 0.15) is 0 Å². The molecular weight excluding hydrogens is 242 g/mol. The summed E-state index contributed by atoms with van der Waals surface area (Å²) in [7, 11) is 0. The van der Waals surface area contributed by atoms with Gasteiger partial charge in [-0.2, -0.15) is 5.26 Å². The molecule has 1 saturated heterocycles. The van der Waals surface area contributed by atoms with Crippen molar-refractivity contribution in [3.8, 4) is 6.07 Å². The fourth-order valence-electron chi connectivity index (χ4n) is 2.36. The number of nitrogens with zero attached hydrogens (tertiary/aromatic N) is 3. The van der Waals surface area contributed by atoms with Crippen molar-refractivity contribution in [2.24, 2.45) is 5.92 Å². The average Bonchev–Trinajstić information content (AvgIpc) is 2.46. The highest BCUT2D eigenvalue weighted by Gasteiger charge is 2.18. The highest BCUT2D eigenvalue weighted by atomic mass is 16.6. The van der Waals surface area contributed by atoms with Crippen LogP contribution in [0.25, 0.3) is 0 Å². The van der Waals surface area contributed by atoms with Crippen molar-refractivity contribution in [3.63, 3.8) is 0 Å². The normalized spacial score (nSPS) is 17.0. The zero-order chi connectivity index (χ0) is 13.7. The van der Waals surface area contributed by atoms with E-state index in [0.29, 0.717) is 0 Å². The van der Waals surface area contributed by atoms with Crippen LogP contribution in [0.2, 0.25) is 0 Å². The van der Waals surface area contributed by atoms with Crippen LogP contribution in [0.15, 0.2) is 24.3 Å². The standard InChI is InChI=1S/C14H17N3O2/c15-11-13-6-9-16(10-7-13)8-5-12-1-3-14(4-2-12)17(18)19/h1-4,13H,5-10H2. The van der Waals surface area contributed by atoms with Crippen LogP contribution in [0.1, 0.15) is 18.4 Å². The molecule has 0 unspecified atom stereocenters. The van der Waals surface area contributed by atoms with Crippen molar-refractivity contribution in [2.45, 2.75) is 19.3 Å². The molecule has 1 heterocycles. The molecule has 2 rings (SSSR count). The molecule has 0 bridgehead atoms. The second kappa shape index (κ2) is 6.30. The molecule has 5 nitrogen and oxygen atoms in total. The van der Waals surface area contributed by atoms with Crippen molar-refractivity contribution in [1.29, 1.82) is 5.26 Å². The van der Waals surface area contributed by atoms with Gasteiger partial charge in [-0.3, -0.25) is 10.1 Å². The number of nitro groups is 1. The second-order valence-corrected chi connectivity index (χ2v) is 4.92. The van der Waals surface area contributed by atoms with Gasteiger partial charge >= 0.3 is 0 Å². The molecule has 1 aromatic carbocycles. The predicted molar refractivity (Wildman–Crippen MR) is 71.6 cm³/mol. The SMILES string of the molecule is N#CC1CCN(CCc2ccc([N+](=O)[O-])cc2)CC1. The van der Waals surface area contributed by atoms with E-state index < -0.39 is 0 Å². The Morgan fingerprint density at radius 3 is 2.47 bits per heavy atom. The highest BCUT2D eigenvalue weighted by Crippen LogP contribution is 2.17. The van der Waals surface area contributed by atoms with Crippen LogP contribution in [0.4, 0.5) is 5.69 Å². The number of nitro benzene ring substituents is 1. The largest absolute Gasteiger partial charge is 0.303 e. The molecule has 0 atom stereocenters. The molecule has 5 heteroatoms. The summed E-state index contributed by atoms with van der Waals surface area (Å²) in [6.45, 7) is 2.91. The Bertz CT molecular complexity index is 470. The Labute approximate surface area is 112 Å². The zero-order valence-electron chi connectivity index (χ0n) is 10.8. The van der Waals surface area contributed by atoms with Crippen LogP contribution in [-0.4, -0.2) is 29.5 Å². The summed E-state index contributed by atoms with van der Waals surface area (Å²) < 4.78 is 0. The second-order valence-electron chi connectivity index (χ2n) is 4.92. The Balaban J connectivity index is 1.80. The number of hydrogen-bond acceptors (Lipinski definition) is 4. The van der Waals surface area contributed by atoms with Gasteiger partial charge in [-0.1, -0.05) is 12.1 Å². The molecule has 0 amide bonds. The zero-order valence-corrected chi connectivity index (χ0v) is 10.8. The van der Waals surface area contributed by atoms with Crippen LogP contribution in [0.5, 0.6) is 0 Å². The fraction of sp³-hybridized carbons (Fsp3) is 0.500. The smallest absolute Gasteiger partial charge is 0.269 e. The van der Waals surface area contributed by atoms with E-state index in [4.69, 9.17) is 5.26 Å². The lowest BCUT2D eigenvalue weighted by Crippen LogP contribution is -2.34. The molecule has 1 aromatic rings. The van der Waals surface area contributed by atoms with Gasteiger partial charge in [0.15, 0.2) is 0 Å². The molecular formula is C14H17N3O2. The van der Waals surface area contributed by atoms with Gasteiger partial charge in [0.2, 0.25) is 0 Å². The lowest BCUT2D eigenvalue weighted by Gasteiger charge is -2.28. The Morgan fingerprint density at radius 2 is 1.95 bits per heavy atom. The lowest BCUT2D eigenvalue weighted by atomic mass is 9.98. The van der Waals surface area contributed by atoms with Crippen LogP contribution >= 0.6 is 0 Å². The maximum absolute atomic E-state index is 10.5. The average molecular weight is 259 g/mol. The Hall–Kier alpha value is -1.93. The third-order valence-corrected chi connectivity index (χ3v) is 3.63. The fourth-order valence-corrected chi connectivity index (χ4v) is 2.36. The summed E-state index contributed by atoms with van der Waals surface area (Å²) in [5, 5.41) is 19.4. The lowest BCUT2D eigenvalue weighted by molar-refractivity contribution is -0.384. The molecule has 0 radical (unpaired) electrons. The van der Waals surface area contributed by atoms with E-state index in [9.17, 15) is 10.1 Å². The maximum atomic E-state index is 10.5. The summed E-state index contributed by atoms with van der Waals surface area (Å²) in [5.41, 5.74) is 1.26. The van der Waals surface area contributed by atoms with E-state index in [1.165, 1.54) is 0 Å². The van der Waals surface area contributed by atoms with Gasteiger partial charge in [-0.25, -0.2) is 0 Å². The van der Waals surface area contributed by atoms with Crippen LogP contribution in [0, 0.1) is 27.4 Å². The van der Waals surface area contributed by atoms with E-state index in [1.807, 2.05) is 12.1 Å². The first kappa shape index (κ1) is 13.5. The minimum Gasteiger partial charge on any atom is -0.303 e. The molecule has 100 valence electrons. The number of benzene rings is 1. The third-order valence-electron chi connectivity index (χ3n) is 3.63. The summed E-state index contributed by atoms with van der Waals surface area (Å²) in [5.74, 6) is 0.218. The molecule has 0 aliphatic carbocycles. The van der Waals surface area contributed by atoms with Gasteiger partial charge in [0.05, 0.1) is 11.0 Å². The summed E-state index contributed by atoms with van der Waals surface area (Å²) in [6, 6.07) is 9.07. The Kier molecular flexibility index (Phi) is 4.48. The first-order chi connectivity index (χ1) is 9.19. The van der Waals surface area contributed by atoms with Crippen molar-refractivity contribution in [3.05, 3.63) is 39.9 Å². The van der Waals surface area contributed by atoms with Crippen LogP contribution in [0.3, 0.4) is 0 Å². The molecule has 0 aromatic heterocycles. The van der Waals surface area contributed by atoms with Gasteiger partial charge < -0.3 is 4.90 Å². The number of likely N-dealkylation sites (tertiary alicyclic amines) is 1. The molecule has 1 aliphatic rings. The summed E-state index contributed by atoms with van der Waals surface area (Å²) in [4.78, 5) is 12.5. The first-order valence-electron chi connectivity index (χ1n) is 6.54. The van der Waals surface area contributed by atoms with Crippen molar-refractivity contribution < 1.29 is 4.92 Å². The van der Waals surface area contributed by atoms with Gasteiger partial charge in [-0.05, 0) is 37.9 Å². The third kappa shape index (κ3) is 3.76. The van der Waals surface area contributed by atoms with Crippen LogP contribution < -0.4 is 0 Å². The number of piperidine rings is 1. The van der Waals surface area contributed by atoms with E-state index in [-0.39, 0.29) is 16.5 Å². The highest BCUT2D eigenvalue weighted by molar-refractivity contribution is 5.32. The number of non-ortho nitro benzene ring substituents is 1. The summed E-state index contributed by atoms with van der Waals surface area (Å²) in [6.07, 6.45) is 2.81. The maximum Gasteiger partial charge on any atom is 0.269 e. The minimum absolute atomic E-state index is 0.138. The minimum atomic E-state index is -0.379. The van der Waals surface area contributed by atoms with E-state index in [2.05, 4.69) is 11.0 Å². The van der Waals surface area contributed by atoms with Crippen molar-refractivity contribution in [1.82, 2.24) is 4.90 Å². The van der Waals surface area contributed by atoms with E-state index in [1.54, 1.807) is 12.1 Å². The van der Waals surface area contributed by atoms with Crippen molar-refractivity contribution >= 4 is 5.69 Å². The number of rotatable bonds is 4. The van der Waals surface area contributed by atoms with E-state index in [0.717, 1.165) is 44.5 Å². The van der Waals surface area contributed by atoms with Gasteiger partial charge in [0, 0.05) is 24.6 Å². The van der Waals surface area contributed by atoms with Gasteiger partial charge in [0.25, 0.3) is 5.69 Å². The Morgan fingerprint density at radius 1 is 1.32 bits per heavy atom. The van der Waals surface area contributed by atoms with Gasteiger partial charge in [-0.15, -0.1) is 0 Å². The van der Waals surface area contributed by atoms with E-state index >= 15 is 0 Å². The number of nitriles is 1. The topological polar surface area (TPSA) is 70.2 Å². The predicted octanol–water partition coefficient (Wildman–Crippen LogP) is 2.37. The molecule has 0 N–H and O–H groups in total. The molecule has 1 fully saturated rings. The van der Waals surface area contributed by atoms with Crippen LogP contribution in [-0.2, 0) is 6.42 Å². The van der Waals surface area contributed by atoms with Crippen molar-refractivity contribution in [2.75, 3.05) is 19.6 Å². The molecule has 19 heavy (non-hydrogen) atoms. The molecule has 0 spiro atoms. The summed E-state index contributed by atoms with van der Waals surface area (Å²) >= 11 is 0. The number of hydrogen-bond donors (Lipinski definition) is 0. The quantitative estimate of drug-likeness (QED) is 0.614. The molecule has 1 aliphatic heterocycles. The monoisotopic (exact) mass is 259 g/mol.